The molecule has 0 atom stereocenters. The van der Waals surface area contributed by atoms with Gasteiger partial charge in [0.15, 0.2) is 23.3 Å². The third kappa shape index (κ3) is 4.55. The fourth-order valence-electron chi connectivity index (χ4n) is 7.02. The monoisotopic (exact) mass is 722 g/mol. The molecular weight excluding hydrogens is 710 g/mol. The lowest BCUT2D eigenvalue weighted by atomic mass is 9.92. The Morgan fingerprint density at radius 1 is 0.630 bits per heavy atom. The van der Waals surface area contributed by atoms with Gasteiger partial charge in [-0.15, -0.1) is 0 Å². The summed E-state index contributed by atoms with van der Waals surface area (Å²) in [7, 11) is 0. The van der Waals surface area contributed by atoms with Gasteiger partial charge in [-0.05, 0) is 36.1 Å². The standard InChI is InChI=1S/C38H12F6N10/c1-13-24(14(2)31(40)17(8-45)30(13)39)22-11-51-36-18(53-22)6-15-25(20(9-46)48-3)28-16(26(27(15)36)21(10-47)49-4)7-19-37(28)52-12-23(54-19)29-32(41)34(43)38(50-5)35(44)33(29)42/h11-12H,6-7H2,1-2H3/b25-20-,26-21+. The Labute approximate surface area is 300 Å². The third-order valence-corrected chi connectivity index (χ3v) is 9.29. The Morgan fingerprint density at radius 2 is 1.06 bits per heavy atom. The Bertz CT molecular complexity index is 2760. The summed E-state index contributed by atoms with van der Waals surface area (Å²) in [6.07, 6.45) is 1.54. The van der Waals surface area contributed by atoms with Gasteiger partial charge in [0.2, 0.25) is 0 Å². The molecule has 2 aromatic heterocycles. The molecule has 2 aliphatic carbocycles. The molecule has 0 bridgehead atoms. The van der Waals surface area contributed by atoms with E-state index in [1.807, 2.05) is 12.1 Å². The van der Waals surface area contributed by atoms with Crippen molar-refractivity contribution in [2.75, 3.05) is 0 Å². The summed E-state index contributed by atoms with van der Waals surface area (Å²) < 4.78 is 89.4. The summed E-state index contributed by atoms with van der Waals surface area (Å²) >= 11 is 0. The lowest BCUT2D eigenvalue weighted by Crippen LogP contribution is -2.26. The van der Waals surface area contributed by atoms with Crippen molar-refractivity contribution in [1.29, 1.82) is 15.8 Å². The number of nitrogens with zero attached hydrogens (tertiary/aromatic N) is 10. The van der Waals surface area contributed by atoms with Crippen LogP contribution >= 0.6 is 0 Å². The second-order valence-corrected chi connectivity index (χ2v) is 11.9. The minimum Gasteiger partial charge on any atom is -0.252 e. The highest BCUT2D eigenvalue weighted by Gasteiger charge is 2.36. The number of aromatic nitrogens is 4. The summed E-state index contributed by atoms with van der Waals surface area (Å²) in [5.74, 6) is -9.83. The fraction of sp³-hybridized carbons (Fsp3) is 0.105. The van der Waals surface area contributed by atoms with Crippen LogP contribution in [0.4, 0.5) is 32.0 Å². The number of halogens is 6. The van der Waals surface area contributed by atoms with Crippen LogP contribution in [0.3, 0.4) is 0 Å². The largest absolute Gasteiger partial charge is 0.269 e. The van der Waals surface area contributed by atoms with Gasteiger partial charge in [0.1, 0.15) is 23.3 Å². The first kappa shape index (κ1) is 34.5. The molecule has 5 aromatic rings. The second-order valence-electron chi connectivity index (χ2n) is 11.9. The van der Waals surface area contributed by atoms with Crippen LogP contribution in [0.15, 0.2) is 12.4 Å². The van der Waals surface area contributed by atoms with E-state index in [0.29, 0.717) is 0 Å². The average Bonchev–Trinajstić information content (AvgIpc) is 3.73. The highest BCUT2D eigenvalue weighted by Crippen LogP contribution is 2.41. The zero-order valence-electron chi connectivity index (χ0n) is 27.3. The van der Waals surface area contributed by atoms with Gasteiger partial charge < -0.3 is 0 Å². The SMILES string of the molecule is [C-]#[N+]/C(C#N)=c1/c2c(/c(=C(\C#N)[N+]#[C-])c3c1-c1ncc(-c4c(F)c(F)c([N+]#[C-])c(F)c4F)nc1C3)-c1ncc(-c3c(C)c(F)c(C#N)c(F)c3C)nc1C2. The molecule has 7 rings (SSSR count). The molecule has 0 N–H and O–H groups in total. The maximum atomic E-state index is 15.1. The topological polar surface area (TPSA) is 136 Å². The van der Waals surface area contributed by atoms with Crippen molar-refractivity contribution >= 4 is 17.1 Å². The number of nitriles is 3. The van der Waals surface area contributed by atoms with Crippen molar-refractivity contribution in [3.8, 4) is 63.2 Å². The first-order chi connectivity index (χ1) is 25.9. The van der Waals surface area contributed by atoms with Crippen molar-refractivity contribution < 1.29 is 26.3 Å². The quantitative estimate of drug-likeness (QED) is 0.110. The van der Waals surface area contributed by atoms with E-state index in [9.17, 15) is 24.6 Å². The van der Waals surface area contributed by atoms with Gasteiger partial charge in [-0.2, -0.15) is 5.26 Å². The lowest BCUT2D eigenvalue weighted by Gasteiger charge is -2.14. The van der Waals surface area contributed by atoms with Crippen LogP contribution in [-0.2, 0) is 12.8 Å². The normalized spacial score (nSPS) is 12.8. The van der Waals surface area contributed by atoms with Gasteiger partial charge in [0.25, 0.3) is 17.1 Å². The fourth-order valence-corrected chi connectivity index (χ4v) is 7.02. The van der Waals surface area contributed by atoms with Crippen LogP contribution in [0.1, 0.15) is 39.2 Å². The van der Waals surface area contributed by atoms with Gasteiger partial charge in [0, 0.05) is 40.0 Å². The molecule has 0 saturated carbocycles. The van der Waals surface area contributed by atoms with Crippen LogP contribution < -0.4 is 10.4 Å². The van der Waals surface area contributed by atoms with Crippen LogP contribution in [0.2, 0.25) is 0 Å². The molecule has 2 aliphatic rings. The van der Waals surface area contributed by atoms with Crippen LogP contribution in [0.5, 0.6) is 0 Å². The molecule has 10 nitrogen and oxygen atoms in total. The molecule has 16 heteroatoms. The van der Waals surface area contributed by atoms with E-state index in [-0.39, 0.29) is 90.7 Å². The van der Waals surface area contributed by atoms with Crippen molar-refractivity contribution in [3.05, 3.63) is 131 Å². The molecule has 54 heavy (non-hydrogen) atoms. The summed E-state index contributed by atoms with van der Waals surface area (Å²) in [5.41, 5.74) is -4.31. The average molecular weight is 723 g/mol. The van der Waals surface area contributed by atoms with Crippen molar-refractivity contribution in [1.82, 2.24) is 19.9 Å². The Morgan fingerprint density at radius 3 is 1.43 bits per heavy atom. The summed E-state index contributed by atoms with van der Waals surface area (Å²) in [6, 6.07) is 5.19. The second kappa shape index (κ2) is 12.4. The molecule has 0 unspecified atom stereocenters. The zero-order chi connectivity index (χ0) is 38.9. The van der Waals surface area contributed by atoms with E-state index >= 15 is 17.6 Å². The van der Waals surface area contributed by atoms with Gasteiger partial charge >= 0.3 is 0 Å². The molecule has 0 radical (unpaired) electrons. The Balaban J connectivity index is 1.53. The maximum absolute atomic E-state index is 15.1. The number of rotatable bonds is 2. The molecule has 0 fully saturated rings. The summed E-state index contributed by atoms with van der Waals surface area (Å²) in [6.45, 7) is 25.2. The number of hydrogen-bond acceptors (Lipinski definition) is 7. The molecule has 3 aromatic carbocycles. The Hall–Kier alpha value is -7.92. The van der Waals surface area contributed by atoms with Gasteiger partial charge in [-0.25, -0.2) is 61.4 Å². The summed E-state index contributed by atoms with van der Waals surface area (Å²) in [5, 5.41) is 29.6. The number of fused-ring (bicyclic) bond motifs is 6. The van der Waals surface area contributed by atoms with Crippen molar-refractivity contribution in [3.63, 3.8) is 0 Å². The molecule has 0 spiro atoms. The maximum Gasteiger partial charge on any atom is 0.269 e. The van der Waals surface area contributed by atoms with Gasteiger partial charge in [-0.3, -0.25) is 9.97 Å². The van der Waals surface area contributed by atoms with E-state index in [1.165, 1.54) is 26.1 Å². The van der Waals surface area contributed by atoms with Crippen molar-refractivity contribution in [2.24, 2.45) is 0 Å². The molecule has 0 aliphatic heterocycles. The van der Waals surface area contributed by atoms with E-state index in [2.05, 4.69) is 34.5 Å². The zero-order valence-corrected chi connectivity index (χ0v) is 27.3. The van der Waals surface area contributed by atoms with Crippen LogP contribution in [0, 0.1) is 102 Å². The van der Waals surface area contributed by atoms with E-state index < -0.39 is 68.8 Å². The minimum absolute atomic E-state index is 0.00403. The van der Waals surface area contributed by atoms with Gasteiger partial charge in [-0.1, -0.05) is 0 Å². The Kier molecular flexibility index (Phi) is 7.92. The molecule has 256 valence electrons. The number of benzene rings is 3. The number of hydrogen-bond donors (Lipinski definition) is 0. The highest BCUT2D eigenvalue weighted by atomic mass is 19.2. The van der Waals surface area contributed by atoms with Crippen LogP contribution in [0.25, 0.3) is 71.0 Å². The molecule has 0 amide bonds. The molecule has 0 saturated heterocycles. The van der Waals surface area contributed by atoms with Crippen molar-refractivity contribution in [2.45, 2.75) is 26.7 Å². The lowest BCUT2D eigenvalue weighted by molar-refractivity contribution is 0.465. The van der Waals surface area contributed by atoms with E-state index in [4.69, 9.17) is 19.7 Å². The predicted octanol–water partition coefficient (Wildman–Crippen LogP) is 6.72. The predicted molar refractivity (Wildman–Crippen MR) is 176 cm³/mol. The highest BCUT2D eigenvalue weighted by molar-refractivity contribution is 5.90. The summed E-state index contributed by atoms with van der Waals surface area (Å²) in [4.78, 5) is 27.0. The smallest absolute Gasteiger partial charge is 0.252 e. The van der Waals surface area contributed by atoms with E-state index in [1.54, 1.807) is 0 Å². The first-order valence-corrected chi connectivity index (χ1v) is 15.2. The van der Waals surface area contributed by atoms with E-state index in [0.717, 1.165) is 6.20 Å². The van der Waals surface area contributed by atoms with Gasteiger partial charge in [0.05, 0.1) is 84.0 Å². The first-order valence-electron chi connectivity index (χ1n) is 15.2. The molecular formula is C38H12F6N10. The third-order valence-electron chi connectivity index (χ3n) is 9.29. The van der Waals surface area contributed by atoms with Crippen LogP contribution in [-0.4, -0.2) is 19.9 Å². The minimum atomic E-state index is -1.94. The molecule has 2 heterocycles.